The minimum absolute atomic E-state index is 0.0709. The summed E-state index contributed by atoms with van der Waals surface area (Å²) in [6, 6.07) is 0. The van der Waals surface area contributed by atoms with Crippen molar-refractivity contribution < 1.29 is 37.3 Å². The third kappa shape index (κ3) is 39.4. The average molecular weight is 753 g/mol. The maximum atomic E-state index is 12.6. The van der Waals surface area contributed by atoms with E-state index in [9.17, 15) is 14.3 Å². The Hall–Kier alpha value is -1.80. The first-order valence-corrected chi connectivity index (χ1v) is 22.0. The minimum atomic E-state index is -4.30. The van der Waals surface area contributed by atoms with Crippen molar-refractivity contribution >= 4 is 13.8 Å². The van der Waals surface area contributed by atoms with Crippen LogP contribution < -0.4 is 0 Å². The van der Waals surface area contributed by atoms with Crippen molar-refractivity contribution in [3.63, 3.8) is 0 Å². The zero-order valence-corrected chi connectivity index (χ0v) is 34.9. The lowest BCUT2D eigenvalue weighted by molar-refractivity contribution is -0.870. The number of quaternary nitrogens is 1. The van der Waals surface area contributed by atoms with Crippen LogP contribution in [0.3, 0.4) is 0 Å². The first kappa shape index (κ1) is 50.2. The summed E-state index contributed by atoms with van der Waals surface area (Å²) in [4.78, 5) is 22.8. The number of hydrogen-bond donors (Lipinski definition) is 1. The lowest BCUT2D eigenvalue weighted by Crippen LogP contribution is -2.37. The molecule has 2 atom stereocenters. The summed E-state index contributed by atoms with van der Waals surface area (Å²) in [5, 5.41) is 0. The van der Waals surface area contributed by atoms with E-state index < -0.39 is 19.9 Å². The van der Waals surface area contributed by atoms with Gasteiger partial charge < -0.3 is 18.9 Å². The highest BCUT2D eigenvalue weighted by Crippen LogP contribution is 2.43. The smallest absolute Gasteiger partial charge is 0.457 e. The van der Waals surface area contributed by atoms with E-state index >= 15 is 0 Å². The highest BCUT2D eigenvalue weighted by molar-refractivity contribution is 7.47. The van der Waals surface area contributed by atoms with Gasteiger partial charge in [0.05, 0.1) is 40.8 Å². The summed E-state index contributed by atoms with van der Waals surface area (Å²) >= 11 is 0. The number of allylic oxidation sites excluding steroid dienone is 9. The number of phosphoric acid groups is 1. The Morgan fingerprint density at radius 3 is 1.50 bits per heavy atom. The van der Waals surface area contributed by atoms with Crippen LogP contribution in [0.2, 0.25) is 0 Å². The highest BCUT2D eigenvalue weighted by Gasteiger charge is 2.26. The topological polar surface area (TPSA) is 91.3 Å². The monoisotopic (exact) mass is 753 g/mol. The van der Waals surface area contributed by atoms with Crippen LogP contribution in [0.15, 0.2) is 60.8 Å². The quantitative estimate of drug-likeness (QED) is 0.0222. The van der Waals surface area contributed by atoms with Gasteiger partial charge in [-0.1, -0.05) is 164 Å². The van der Waals surface area contributed by atoms with Crippen LogP contribution in [0.5, 0.6) is 0 Å². The predicted octanol–water partition coefficient (Wildman–Crippen LogP) is 11.8. The van der Waals surface area contributed by atoms with Gasteiger partial charge in [0.2, 0.25) is 0 Å². The Kier molecular flexibility index (Phi) is 34.9. The maximum absolute atomic E-state index is 12.6. The number of unbranched alkanes of at least 4 members (excludes halogenated alkanes) is 14. The Bertz CT molecular complexity index is 1020. The lowest BCUT2D eigenvalue weighted by Gasteiger charge is -2.24. The molecule has 0 aliphatic carbocycles. The van der Waals surface area contributed by atoms with Gasteiger partial charge in [0.25, 0.3) is 0 Å². The number of ether oxygens (including phenoxy) is 2. The van der Waals surface area contributed by atoms with E-state index in [0.717, 1.165) is 44.9 Å². The van der Waals surface area contributed by atoms with Crippen LogP contribution in [0.1, 0.15) is 149 Å². The molecule has 0 heterocycles. The standard InChI is InChI=1S/C43H78NO7P/c1-6-8-10-12-14-16-18-20-22-24-26-28-30-32-34-36-43(45)51-42(41-50-52(46,47)49-39-37-44(3,4)5)40-48-38-35-33-31-29-27-25-23-21-19-17-15-13-11-9-7-2/h8,10,14,16,20,22,26,28,32,34,42H,6-7,9,11-13,15,17-19,21,23-25,27,29-31,33,35-41H2,1-5H3/p+1/b10-8-,16-14-,22-20-,28-26-,34-32-. The molecule has 0 spiro atoms. The molecule has 0 aromatic heterocycles. The van der Waals surface area contributed by atoms with Gasteiger partial charge in [-0.3, -0.25) is 13.8 Å². The maximum Gasteiger partial charge on any atom is 0.472 e. The van der Waals surface area contributed by atoms with E-state index in [4.69, 9.17) is 18.5 Å². The first-order chi connectivity index (χ1) is 25.1. The zero-order chi connectivity index (χ0) is 38.4. The number of hydrogen-bond acceptors (Lipinski definition) is 6. The van der Waals surface area contributed by atoms with Crippen molar-refractivity contribution in [2.45, 2.75) is 155 Å². The van der Waals surface area contributed by atoms with E-state index in [1.54, 1.807) is 6.08 Å². The fourth-order valence-corrected chi connectivity index (χ4v) is 5.96. The number of carbonyl (C=O) groups excluding carboxylic acids is 1. The molecule has 0 radical (unpaired) electrons. The molecule has 302 valence electrons. The summed E-state index contributed by atoms with van der Waals surface area (Å²) in [7, 11) is 1.61. The number of rotatable bonds is 37. The molecular weight excluding hydrogens is 673 g/mol. The second-order valence-electron chi connectivity index (χ2n) is 14.7. The normalized spacial score (nSPS) is 14.5. The van der Waals surface area contributed by atoms with Crippen molar-refractivity contribution in [3.8, 4) is 0 Å². The van der Waals surface area contributed by atoms with Gasteiger partial charge in [-0.2, -0.15) is 0 Å². The van der Waals surface area contributed by atoms with E-state index in [2.05, 4.69) is 62.5 Å². The Labute approximate surface area is 320 Å². The van der Waals surface area contributed by atoms with E-state index in [1.807, 2.05) is 27.2 Å². The van der Waals surface area contributed by atoms with E-state index in [1.165, 1.54) is 83.5 Å². The molecule has 1 N–H and O–H groups in total. The van der Waals surface area contributed by atoms with Crippen molar-refractivity contribution in [3.05, 3.63) is 60.8 Å². The SMILES string of the molecule is CC/C=C\C/C=C\C/C=C\C/C=C\C/C=C\CC(=O)OC(COCCCCCCCCCCCCCCCCC)COP(=O)(O)OCC[N+](C)(C)C. The van der Waals surface area contributed by atoms with Crippen LogP contribution in [0.4, 0.5) is 0 Å². The molecule has 0 fully saturated rings. The van der Waals surface area contributed by atoms with Gasteiger partial charge in [-0.15, -0.1) is 0 Å². The number of nitrogens with zero attached hydrogens (tertiary/aromatic N) is 1. The molecule has 2 unspecified atom stereocenters. The predicted molar refractivity (Wildman–Crippen MR) is 219 cm³/mol. The van der Waals surface area contributed by atoms with Crippen molar-refractivity contribution in [1.82, 2.24) is 0 Å². The van der Waals surface area contributed by atoms with Crippen molar-refractivity contribution in [1.29, 1.82) is 0 Å². The second kappa shape index (κ2) is 36.2. The number of carbonyl (C=O) groups is 1. The molecule has 0 saturated carbocycles. The molecule has 9 heteroatoms. The summed E-state index contributed by atoms with van der Waals surface area (Å²) in [6.07, 6.45) is 44.2. The van der Waals surface area contributed by atoms with Gasteiger partial charge in [-0.05, 0) is 38.5 Å². The molecule has 0 saturated heterocycles. The van der Waals surface area contributed by atoms with Crippen LogP contribution >= 0.6 is 7.82 Å². The Morgan fingerprint density at radius 1 is 0.596 bits per heavy atom. The highest BCUT2D eigenvalue weighted by atomic mass is 31.2. The Morgan fingerprint density at radius 2 is 1.04 bits per heavy atom. The summed E-state index contributed by atoms with van der Waals surface area (Å²) in [6.45, 7) is 5.37. The van der Waals surface area contributed by atoms with Crippen LogP contribution in [0, 0.1) is 0 Å². The number of esters is 1. The van der Waals surface area contributed by atoms with Crippen LogP contribution in [0.25, 0.3) is 0 Å². The molecule has 0 rings (SSSR count). The van der Waals surface area contributed by atoms with Gasteiger partial charge in [0.1, 0.15) is 19.3 Å². The molecule has 0 bridgehead atoms. The zero-order valence-electron chi connectivity index (χ0n) is 34.0. The second-order valence-corrected chi connectivity index (χ2v) is 16.1. The number of phosphoric ester groups is 1. The van der Waals surface area contributed by atoms with Gasteiger partial charge >= 0.3 is 13.8 Å². The van der Waals surface area contributed by atoms with E-state index in [0.29, 0.717) is 17.6 Å². The van der Waals surface area contributed by atoms with Gasteiger partial charge in [0.15, 0.2) is 0 Å². The fourth-order valence-electron chi connectivity index (χ4n) is 5.22. The molecule has 0 amide bonds. The average Bonchev–Trinajstić information content (AvgIpc) is 3.09. The summed E-state index contributed by atoms with van der Waals surface area (Å²) < 4.78 is 34.8. The largest absolute Gasteiger partial charge is 0.472 e. The summed E-state index contributed by atoms with van der Waals surface area (Å²) in [5.74, 6) is -0.440. The van der Waals surface area contributed by atoms with Gasteiger partial charge in [-0.25, -0.2) is 4.57 Å². The van der Waals surface area contributed by atoms with Crippen LogP contribution in [-0.2, 0) is 27.9 Å². The minimum Gasteiger partial charge on any atom is -0.457 e. The molecule has 52 heavy (non-hydrogen) atoms. The van der Waals surface area contributed by atoms with Crippen LogP contribution in [-0.4, -0.2) is 75.6 Å². The summed E-state index contributed by atoms with van der Waals surface area (Å²) in [5.41, 5.74) is 0. The molecule has 0 aliphatic rings. The molecular formula is C43H79NO7P+. The molecule has 0 aromatic rings. The number of likely N-dealkylation sites (N-methyl/N-ethyl adjacent to an activating group) is 1. The first-order valence-electron chi connectivity index (χ1n) is 20.5. The van der Waals surface area contributed by atoms with Crippen molar-refractivity contribution in [2.24, 2.45) is 0 Å². The lowest BCUT2D eigenvalue weighted by atomic mass is 10.0. The van der Waals surface area contributed by atoms with Crippen molar-refractivity contribution in [2.75, 3.05) is 54.1 Å². The third-order valence-electron chi connectivity index (χ3n) is 8.38. The third-order valence-corrected chi connectivity index (χ3v) is 9.36. The van der Waals surface area contributed by atoms with Gasteiger partial charge in [0, 0.05) is 6.61 Å². The molecule has 0 aromatic carbocycles. The Balaban J connectivity index is 4.41. The molecule has 8 nitrogen and oxygen atoms in total. The molecule has 0 aliphatic heterocycles. The fraction of sp³-hybridized carbons (Fsp3) is 0.744. The van der Waals surface area contributed by atoms with E-state index in [-0.39, 0.29) is 26.2 Å².